The minimum Gasteiger partial charge on any atom is -0.493 e. The molecule has 1 amide bonds. The standard InChI is InChI=1S/C24H21N3O3S2/c1-4-12-26-23(28)21(32-24(26)31)14-17-15-27(18-8-6-5-7-9-18)25-22(17)16-10-11-19(29-2)20(13-16)30-3/h4-11,13-15H,1,12H2,2-3H3/b21-14-. The molecule has 4 rings (SSSR count). The molecule has 8 heteroatoms. The molecule has 1 aliphatic heterocycles. The second-order valence-electron chi connectivity index (χ2n) is 6.86. The Morgan fingerprint density at radius 2 is 1.88 bits per heavy atom. The molecule has 0 bridgehead atoms. The molecule has 0 atom stereocenters. The predicted octanol–water partition coefficient (Wildman–Crippen LogP) is 4.94. The van der Waals surface area contributed by atoms with Crippen molar-refractivity contribution in [2.24, 2.45) is 0 Å². The number of amides is 1. The molecule has 0 spiro atoms. The van der Waals surface area contributed by atoms with Crippen molar-refractivity contribution >= 4 is 40.3 Å². The molecule has 1 aromatic heterocycles. The second kappa shape index (κ2) is 9.42. The fourth-order valence-corrected chi connectivity index (χ4v) is 4.61. The van der Waals surface area contributed by atoms with Crippen LogP contribution in [0.3, 0.4) is 0 Å². The topological polar surface area (TPSA) is 56.6 Å². The molecule has 0 N–H and O–H groups in total. The first-order valence-corrected chi connectivity index (χ1v) is 11.0. The Kier molecular flexibility index (Phi) is 6.43. The third-order valence-electron chi connectivity index (χ3n) is 4.89. The molecule has 1 aliphatic rings. The molecule has 0 aliphatic carbocycles. The monoisotopic (exact) mass is 463 g/mol. The van der Waals surface area contributed by atoms with Crippen LogP contribution in [0.4, 0.5) is 0 Å². The number of thiocarbonyl (C=S) groups is 1. The highest BCUT2D eigenvalue weighted by Crippen LogP contribution is 2.37. The van der Waals surface area contributed by atoms with Gasteiger partial charge in [0.1, 0.15) is 10.0 Å². The van der Waals surface area contributed by atoms with E-state index in [0.717, 1.165) is 16.8 Å². The quantitative estimate of drug-likeness (QED) is 0.281. The van der Waals surface area contributed by atoms with E-state index in [2.05, 4.69) is 6.58 Å². The number of aromatic nitrogens is 2. The molecule has 162 valence electrons. The van der Waals surface area contributed by atoms with E-state index in [0.29, 0.717) is 33.0 Å². The SMILES string of the molecule is C=CCN1C(=O)/C(=C/c2cn(-c3ccccc3)nc2-c2ccc(OC)c(OC)c2)SC1=S. The Morgan fingerprint density at radius 1 is 1.12 bits per heavy atom. The number of thioether (sulfide) groups is 1. The maximum absolute atomic E-state index is 12.9. The zero-order valence-corrected chi connectivity index (χ0v) is 19.3. The van der Waals surface area contributed by atoms with Gasteiger partial charge in [-0.25, -0.2) is 4.68 Å². The van der Waals surface area contributed by atoms with Gasteiger partial charge in [-0.1, -0.05) is 48.3 Å². The van der Waals surface area contributed by atoms with Crippen molar-refractivity contribution in [3.8, 4) is 28.4 Å². The predicted molar refractivity (Wildman–Crippen MR) is 132 cm³/mol. The van der Waals surface area contributed by atoms with Crippen molar-refractivity contribution in [2.45, 2.75) is 0 Å². The summed E-state index contributed by atoms with van der Waals surface area (Å²) in [6.07, 6.45) is 5.40. The normalized spacial score (nSPS) is 14.8. The van der Waals surface area contributed by atoms with Crippen LogP contribution in [0.25, 0.3) is 23.0 Å². The van der Waals surface area contributed by atoms with E-state index in [4.69, 9.17) is 26.8 Å². The van der Waals surface area contributed by atoms with Crippen molar-refractivity contribution in [1.82, 2.24) is 14.7 Å². The maximum Gasteiger partial charge on any atom is 0.266 e. The lowest BCUT2D eigenvalue weighted by atomic mass is 10.1. The Bertz CT molecular complexity index is 1220. The highest BCUT2D eigenvalue weighted by Gasteiger charge is 2.31. The average Bonchev–Trinajstić information content (AvgIpc) is 3.36. The lowest BCUT2D eigenvalue weighted by Crippen LogP contribution is -2.27. The zero-order chi connectivity index (χ0) is 22.7. The Morgan fingerprint density at radius 3 is 2.56 bits per heavy atom. The first kappa shape index (κ1) is 21.9. The Balaban J connectivity index is 1.83. The molecule has 3 aromatic rings. The van der Waals surface area contributed by atoms with Crippen molar-refractivity contribution in [3.63, 3.8) is 0 Å². The van der Waals surface area contributed by atoms with Crippen molar-refractivity contribution in [1.29, 1.82) is 0 Å². The van der Waals surface area contributed by atoms with E-state index in [9.17, 15) is 4.79 Å². The van der Waals surface area contributed by atoms with Crippen molar-refractivity contribution in [3.05, 3.63) is 77.9 Å². The van der Waals surface area contributed by atoms with Crippen LogP contribution in [-0.4, -0.2) is 45.7 Å². The van der Waals surface area contributed by atoms with E-state index in [1.807, 2.05) is 60.8 Å². The highest BCUT2D eigenvalue weighted by atomic mass is 32.2. The summed E-state index contributed by atoms with van der Waals surface area (Å²) < 4.78 is 13.1. The van der Waals surface area contributed by atoms with Crippen LogP contribution in [0.2, 0.25) is 0 Å². The fourth-order valence-electron chi connectivity index (χ4n) is 3.34. The van der Waals surface area contributed by atoms with Gasteiger partial charge in [-0.05, 0) is 36.4 Å². The van der Waals surface area contributed by atoms with Crippen LogP contribution >= 0.6 is 24.0 Å². The number of ether oxygens (including phenoxy) is 2. The molecule has 0 unspecified atom stereocenters. The Hall–Kier alpha value is -3.36. The molecule has 2 heterocycles. The summed E-state index contributed by atoms with van der Waals surface area (Å²) in [5.41, 5.74) is 3.25. The number of nitrogens with zero attached hydrogens (tertiary/aromatic N) is 3. The van der Waals surface area contributed by atoms with Crippen molar-refractivity contribution < 1.29 is 14.3 Å². The molecule has 1 saturated heterocycles. The fraction of sp³-hybridized carbons (Fsp3) is 0.125. The number of methoxy groups -OCH3 is 2. The number of carbonyl (C=O) groups excluding carboxylic acids is 1. The number of benzene rings is 2. The molecular weight excluding hydrogens is 442 g/mol. The van der Waals surface area contributed by atoms with E-state index in [1.54, 1.807) is 25.0 Å². The minimum absolute atomic E-state index is 0.134. The van der Waals surface area contributed by atoms with Crippen LogP contribution in [0, 0.1) is 0 Å². The van der Waals surface area contributed by atoms with Gasteiger partial charge in [-0.3, -0.25) is 9.69 Å². The van der Waals surface area contributed by atoms with E-state index in [1.165, 1.54) is 16.7 Å². The molecule has 0 saturated carbocycles. The maximum atomic E-state index is 12.9. The van der Waals surface area contributed by atoms with E-state index >= 15 is 0 Å². The lowest BCUT2D eigenvalue weighted by molar-refractivity contribution is -0.121. The summed E-state index contributed by atoms with van der Waals surface area (Å²) in [5.74, 6) is 1.10. The van der Waals surface area contributed by atoms with Gasteiger partial charge in [0.25, 0.3) is 5.91 Å². The molecular formula is C24H21N3O3S2. The van der Waals surface area contributed by atoms with Gasteiger partial charge < -0.3 is 9.47 Å². The number of rotatable bonds is 7. The summed E-state index contributed by atoms with van der Waals surface area (Å²) in [6.45, 7) is 4.09. The van der Waals surface area contributed by atoms with Gasteiger partial charge in [0, 0.05) is 23.9 Å². The first-order chi connectivity index (χ1) is 15.5. The summed E-state index contributed by atoms with van der Waals surface area (Å²) in [7, 11) is 3.19. The molecule has 0 radical (unpaired) electrons. The zero-order valence-electron chi connectivity index (χ0n) is 17.6. The molecule has 1 fully saturated rings. The molecule has 32 heavy (non-hydrogen) atoms. The van der Waals surface area contributed by atoms with Crippen molar-refractivity contribution in [2.75, 3.05) is 20.8 Å². The van der Waals surface area contributed by atoms with Gasteiger partial charge in [-0.15, -0.1) is 6.58 Å². The first-order valence-electron chi connectivity index (χ1n) is 9.79. The second-order valence-corrected chi connectivity index (χ2v) is 8.54. The summed E-state index contributed by atoms with van der Waals surface area (Å²) in [6, 6.07) is 15.4. The minimum atomic E-state index is -0.134. The number of hydrogen-bond donors (Lipinski definition) is 0. The lowest BCUT2D eigenvalue weighted by Gasteiger charge is -2.10. The van der Waals surface area contributed by atoms with Gasteiger partial charge in [-0.2, -0.15) is 5.10 Å². The number of para-hydroxylation sites is 1. The molecule has 2 aromatic carbocycles. The van der Waals surface area contributed by atoms with E-state index < -0.39 is 0 Å². The number of hydrogen-bond acceptors (Lipinski definition) is 6. The van der Waals surface area contributed by atoms with Gasteiger partial charge >= 0.3 is 0 Å². The van der Waals surface area contributed by atoms with Gasteiger partial charge in [0.05, 0.1) is 24.8 Å². The summed E-state index contributed by atoms with van der Waals surface area (Å²) >= 11 is 6.65. The third kappa shape index (κ3) is 4.19. The average molecular weight is 464 g/mol. The third-order valence-corrected chi connectivity index (χ3v) is 6.27. The number of carbonyl (C=O) groups is 1. The summed E-state index contributed by atoms with van der Waals surface area (Å²) in [5, 5.41) is 4.82. The van der Waals surface area contributed by atoms with Crippen LogP contribution in [-0.2, 0) is 4.79 Å². The largest absolute Gasteiger partial charge is 0.493 e. The van der Waals surface area contributed by atoms with Crippen LogP contribution in [0.5, 0.6) is 11.5 Å². The van der Waals surface area contributed by atoms with Crippen LogP contribution < -0.4 is 9.47 Å². The van der Waals surface area contributed by atoms with Gasteiger partial charge in [0.2, 0.25) is 0 Å². The van der Waals surface area contributed by atoms with Gasteiger partial charge in [0.15, 0.2) is 11.5 Å². The smallest absolute Gasteiger partial charge is 0.266 e. The Labute approximate surface area is 196 Å². The highest BCUT2D eigenvalue weighted by molar-refractivity contribution is 8.26. The summed E-state index contributed by atoms with van der Waals surface area (Å²) in [4.78, 5) is 14.9. The molecule has 6 nitrogen and oxygen atoms in total. The van der Waals surface area contributed by atoms with E-state index in [-0.39, 0.29) is 5.91 Å². The van der Waals surface area contributed by atoms with Crippen LogP contribution in [0.1, 0.15) is 5.56 Å². The van der Waals surface area contributed by atoms with Crippen LogP contribution in [0.15, 0.2) is 72.3 Å².